The minimum absolute atomic E-state index is 0.499. The molecule has 0 saturated carbocycles. The molecule has 0 saturated heterocycles. The molecule has 4 nitrogen and oxygen atoms in total. The zero-order chi connectivity index (χ0) is 15.1. The normalized spacial score (nSPS) is 11.1. The van der Waals surface area contributed by atoms with Gasteiger partial charge < -0.3 is 9.55 Å². The molecule has 0 bridgehead atoms. The summed E-state index contributed by atoms with van der Waals surface area (Å²) in [6, 6.07) is 20.3. The van der Waals surface area contributed by atoms with Crippen LogP contribution in [-0.2, 0) is 0 Å². The highest BCUT2D eigenvalue weighted by molar-refractivity contribution is 5.82. The lowest BCUT2D eigenvalue weighted by atomic mass is 10.1. The second-order valence-corrected chi connectivity index (χ2v) is 5.13. The summed E-state index contributed by atoms with van der Waals surface area (Å²) >= 11 is 0. The van der Waals surface area contributed by atoms with E-state index in [0.29, 0.717) is 11.4 Å². The first-order chi connectivity index (χ1) is 10.7. The third-order valence-electron chi connectivity index (χ3n) is 3.73. The van der Waals surface area contributed by atoms with Gasteiger partial charge in [0.15, 0.2) is 0 Å². The second-order valence-electron chi connectivity index (χ2n) is 5.13. The highest BCUT2D eigenvalue weighted by Crippen LogP contribution is 2.26. The third-order valence-corrected chi connectivity index (χ3v) is 3.73. The Hall–Kier alpha value is -3.14. The molecule has 0 aromatic heterocycles. The van der Waals surface area contributed by atoms with Crippen LogP contribution in [0.5, 0.6) is 0 Å². The maximum absolute atomic E-state index is 11.8. The van der Waals surface area contributed by atoms with Gasteiger partial charge in [-0.15, -0.1) is 0 Å². The van der Waals surface area contributed by atoms with Gasteiger partial charge in [0.2, 0.25) is 10.9 Å². The van der Waals surface area contributed by atoms with Crippen LogP contribution in [0.15, 0.2) is 76.3 Å². The van der Waals surface area contributed by atoms with Crippen molar-refractivity contribution in [1.82, 2.24) is 9.55 Å². The first kappa shape index (κ1) is 12.6. The van der Waals surface area contributed by atoms with Crippen molar-refractivity contribution in [3.8, 4) is 17.1 Å². The summed E-state index contributed by atoms with van der Waals surface area (Å²) in [5, 5.41) is 0. The van der Waals surface area contributed by atoms with Crippen molar-refractivity contribution in [2.24, 2.45) is 0 Å². The van der Waals surface area contributed by atoms with E-state index >= 15 is 0 Å². The van der Waals surface area contributed by atoms with Crippen LogP contribution in [-0.4, -0.2) is 9.55 Å². The van der Waals surface area contributed by atoms with Crippen LogP contribution in [0.2, 0.25) is 0 Å². The zero-order valence-corrected chi connectivity index (χ0v) is 11.6. The van der Waals surface area contributed by atoms with Gasteiger partial charge in [-0.2, -0.15) is 0 Å². The number of para-hydroxylation sites is 3. The molecule has 0 atom stereocenters. The number of H-pyrrole nitrogens is 1. The van der Waals surface area contributed by atoms with E-state index in [1.165, 1.54) is 12.1 Å². The Morgan fingerprint density at radius 3 is 2.27 bits per heavy atom. The van der Waals surface area contributed by atoms with E-state index in [2.05, 4.69) is 4.98 Å². The first-order valence-corrected chi connectivity index (χ1v) is 6.97. The van der Waals surface area contributed by atoms with Gasteiger partial charge in [0.05, 0.1) is 22.4 Å². The lowest BCUT2D eigenvalue weighted by molar-refractivity contribution is 1.07. The number of aromatic nitrogens is 2. The van der Waals surface area contributed by atoms with Gasteiger partial charge in [-0.25, -0.2) is 0 Å². The van der Waals surface area contributed by atoms with Gasteiger partial charge in [-0.3, -0.25) is 9.59 Å². The van der Waals surface area contributed by atoms with Crippen LogP contribution in [0.25, 0.3) is 28.1 Å². The monoisotopic (exact) mass is 288 g/mol. The predicted octanol–water partition coefficient (Wildman–Crippen LogP) is 2.78. The summed E-state index contributed by atoms with van der Waals surface area (Å²) in [6.45, 7) is 0. The molecule has 2 aromatic rings. The fourth-order valence-electron chi connectivity index (χ4n) is 2.74. The van der Waals surface area contributed by atoms with Crippen molar-refractivity contribution < 1.29 is 0 Å². The maximum Gasteiger partial charge on any atom is 0.227 e. The molecule has 1 aliphatic heterocycles. The number of nitrogens with one attached hydrogen (secondary N) is 1. The lowest BCUT2D eigenvalue weighted by Crippen LogP contribution is -2.24. The van der Waals surface area contributed by atoms with E-state index in [-0.39, 0.29) is 0 Å². The Balaban J connectivity index is 2.26. The van der Waals surface area contributed by atoms with Gasteiger partial charge in [0, 0.05) is 17.8 Å². The Kier molecular flexibility index (Phi) is 2.69. The topological polar surface area (TPSA) is 54.9 Å². The summed E-state index contributed by atoms with van der Waals surface area (Å²) in [6.07, 6.45) is 0. The fraction of sp³-hybridized carbons (Fsp3) is 0. The average Bonchev–Trinajstić information content (AvgIpc) is 2.55. The van der Waals surface area contributed by atoms with Gasteiger partial charge in [-0.1, -0.05) is 30.3 Å². The Bertz CT molecular complexity index is 1060. The highest BCUT2D eigenvalue weighted by Gasteiger charge is 2.14. The van der Waals surface area contributed by atoms with Crippen LogP contribution in [0.1, 0.15) is 0 Å². The van der Waals surface area contributed by atoms with Crippen LogP contribution in [0, 0.1) is 0 Å². The predicted molar refractivity (Wildman–Crippen MR) is 86.8 cm³/mol. The Morgan fingerprint density at radius 2 is 1.45 bits per heavy atom. The standard InChI is InChI=1S/C18H12N2O2/c21-17-10-14-16(11-18(17)22)20(12-6-2-1-3-7-12)15-9-5-4-8-13(15)19-14/h1-11,19H. The molecule has 1 heterocycles. The number of nitrogens with zero attached hydrogens (tertiary/aromatic N) is 1. The summed E-state index contributed by atoms with van der Waals surface area (Å²) in [5.74, 6) is 0. The second kappa shape index (κ2) is 4.70. The fourth-order valence-corrected chi connectivity index (χ4v) is 2.74. The maximum atomic E-state index is 11.8. The smallest absolute Gasteiger partial charge is 0.227 e. The summed E-state index contributed by atoms with van der Waals surface area (Å²) in [4.78, 5) is 26.7. The molecular weight excluding hydrogens is 276 g/mol. The van der Waals surface area contributed by atoms with E-state index < -0.39 is 10.9 Å². The summed E-state index contributed by atoms with van der Waals surface area (Å²) in [7, 11) is 0. The van der Waals surface area contributed by atoms with Gasteiger partial charge >= 0.3 is 0 Å². The summed E-state index contributed by atoms with van der Waals surface area (Å²) in [5.41, 5.74) is 3.12. The Morgan fingerprint density at radius 1 is 0.773 bits per heavy atom. The van der Waals surface area contributed by atoms with Crippen LogP contribution in [0.4, 0.5) is 0 Å². The molecular formula is C18H12N2O2. The van der Waals surface area contributed by atoms with Crippen LogP contribution in [0.3, 0.4) is 0 Å². The molecule has 0 spiro atoms. The van der Waals surface area contributed by atoms with Crippen LogP contribution >= 0.6 is 0 Å². The molecule has 0 unspecified atom stereocenters. The minimum atomic E-state index is -0.501. The third kappa shape index (κ3) is 1.85. The van der Waals surface area contributed by atoms with Gasteiger partial charge in [-0.05, 0) is 24.3 Å². The van der Waals surface area contributed by atoms with Crippen molar-refractivity contribution in [3.63, 3.8) is 0 Å². The molecule has 2 aromatic carbocycles. The van der Waals surface area contributed by atoms with E-state index in [4.69, 9.17) is 0 Å². The molecule has 2 aliphatic rings. The van der Waals surface area contributed by atoms with Crippen molar-refractivity contribution in [1.29, 1.82) is 0 Å². The first-order valence-electron chi connectivity index (χ1n) is 6.97. The molecule has 0 amide bonds. The number of hydrogen-bond acceptors (Lipinski definition) is 2. The number of fused-ring (bicyclic) bond motifs is 2. The van der Waals surface area contributed by atoms with E-state index in [1.807, 2.05) is 59.2 Å². The van der Waals surface area contributed by atoms with E-state index in [0.717, 1.165) is 16.7 Å². The number of benzene rings is 3. The number of aromatic amines is 1. The van der Waals surface area contributed by atoms with Crippen molar-refractivity contribution in [2.75, 3.05) is 0 Å². The van der Waals surface area contributed by atoms with Crippen molar-refractivity contribution in [3.05, 3.63) is 87.2 Å². The zero-order valence-electron chi connectivity index (χ0n) is 11.6. The molecule has 0 radical (unpaired) electrons. The SMILES string of the molecule is O=c1cc2[nH]c3ccccc3n(-c3ccccc3)c-2cc1=O. The molecule has 4 heteroatoms. The van der Waals surface area contributed by atoms with Gasteiger partial charge in [0.25, 0.3) is 0 Å². The number of hydrogen-bond donors (Lipinski definition) is 1. The van der Waals surface area contributed by atoms with E-state index in [1.54, 1.807) is 0 Å². The van der Waals surface area contributed by atoms with Crippen molar-refractivity contribution >= 4 is 11.0 Å². The Labute approximate surface area is 125 Å². The largest absolute Gasteiger partial charge is 0.352 e. The average molecular weight is 288 g/mol. The quantitative estimate of drug-likeness (QED) is 0.432. The van der Waals surface area contributed by atoms with Gasteiger partial charge in [0.1, 0.15) is 0 Å². The number of rotatable bonds is 1. The minimum Gasteiger partial charge on any atom is -0.352 e. The molecule has 106 valence electrons. The summed E-state index contributed by atoms with van der Waals surface area (Å²) < 4.78 is 1.99. The molecule has 22 heavy (non-hydrogen) atoms. The lowest BCUT2D eigenvalue weighted by Gasteiger charge is -2.19. The molecule has 4 rings (SSSR count). The molecule has 0 fully saturated rings. The molecule has 1 N–H and O–H groups in total. The highest BCUT2D eigenvalue weighted by atomic mass is 16.2. The molecule has 1 aliphatic carbocycles. The van der Waals surface area contributed by atoms with Crippen LogP contribution < -0.4 is 10.9 Å². The van der Waals surface area contributed by atoms with Crippen molar-refractivity contribution in [2.45, 2.75) is 0 Å². The van der Waals surface area contributed by atoms with E-state index in [9.17, 15) is 9.59 Å².